The van der Waals surface area contributed by atoms with Crippen molar-refractivity contribution in [3.63, 3.8) is 0 Å². The van der Waals surface area contributed by atoms with Crippen LogP contribution in [-0.4, -0.2) is 20.5 Å². The second-order valence-corrected chi connectivity index (χ2v) is 8.18. The third kappa shape index (κ3) is 5.25. The minimum absolute atomic E-state index is 0.116. The Morgan fingerprint density at radius 1 is 1.04 bits per heavy atom. The van der Waals surface area contributed by atoms with Gasteiger partial charge >= 0.3 is 10.1 Å². The molecule has 0 aliphatic heterocycles. The maximum Gasteiger partial charge on any atom is 0.348 e. The molecule has 3 rings (SSSR count). The average molecular weight is 400 g/mol. The molecular formula is C19H16N2O4S2. The fourth-order valence-electron chi connectivity index (χ4n) is 2.22. The summed E-state index contributed by atoms with van der Waals surface area (Å²) >= 11 is 1.07. The molecule has 8 heteroatoms. The molecule has 0 saturated carbocycles. The first-order valence-electron chi connectivity index (χ1n) is 7.97. The molecule has 0 aliphatic rings. The lowest BCUT2D eigenvalue weighted by Crippen LogP contribution is -2.19. The molecule has 1 heterocycles. The standard InChI is InChI=1S/C19H16N2O4S2/c22-18(13-15-7-2-1-3-8-15)21-20-14-16-9-4-5-10-17(16)25-27(23,24)19-11-6-12-26-19/h1-12,14H,13H2,(H,21,22). The predicted molar refractivity (Wildman–Crippen MR) is 104 cm³/mol. The number of carbonyl (C=O) groups is 1. The zero-order valence-electron chi connectivity index (χ0n) is 14.1. The maximum atomic E-state index is 12.3. The molecule has 0 atom stereocenters. The maximum absolute atomic E-state index is 12.3. The lowest BCUT2D eigenvalue weighted by molar-refractivity contribution is -0.120. The number of nitrogens with zero attached hydrogens (tertiary/aromatic N) is 1. The van der Waals surface area contributed by atoms with Crippen LogP contribution >= 0.6 is 11.3 Å². The number of rotatable bonds is 7. The van der Waals surface area contributed by atoms with Crippen LogP contribution in [0.15, 0.2) is 81.4 Å². The number of carbonyl (C=O) groups excluding carboxylic acids is 1. The monoisotopic (exact) mass is 400 g/mol. The number of amides is 1. The van der Waals surface area contributed by atoms with E-state index in [1.807, 2.05) is 30.3 Å². The van der Waals surface area contributed by atoms with Gasteiger partial charge in [0.25, 0.3) is 0 Å². The highest BCUT2D eigenvalue weighted by atomic mass is 32.3. The summed E-state index contributed by atoms with van der Waals surface area (Å²) in [6.45, 7) is 0. The van der Waals surface area contributed by atoms with Crippen LogP contribution in [0, 0.1) is 0 Å². The first-order valence-corrected chi connectivity index (χ1v) is 10.3. The summed E-state index contributed by atoms with van der Waals surface area (Å²) < 4.78 is 29.9. The second-order valence-electron chi connectivity index (χ2n) is 5.46. The third-order valence-corrected chi connectivity index (χ3v) is 6.05. The van der Waals surface area contributed by atoms with Crippen LogP contribution in [0.25, 0.3) is 0 Å². The highest BCUT2D eigenvalue weighted by molar-refractivity contribution is 7.89. The Morgan fingerprint density at radius 2 is 1.78 bits per heavy atom. The van der Waals surface area contributed by atoms with Crippen molar-refractivity contribution in [3.05, 3.63) is 83.2 Å². The number of hydrazone groups is 1. The van der Waals surface area contributed by atoms with E-state index >= 15 is 0 Å². The van der Waals surface area contributed by atoms with Gasteiger partial charge in [0.1, 0.15) is 0 Å². The molecule has 1 aromatic heterocycles. The molecule has 0 unspecified atom stereocenters. The minimum Gasteiger partial charge on any atom is -0.378 e. The molecule has 138 valence electrons. The van der Waals surface area contributed by atoms with Gasteiger partial charge in [0.05, 0.1) is 12.6 Å². The molecule has 0 aliphatic carbocycles. The molecule has 1 N–H and O–H groups in total. The molecule has 3 aromatic rings. The molecular weight excluding hydrogens is 384 g/mol. The zero-order chi connectivity index (χ0) is 19.1. The summed E-state index contributed by atoms with van der Waals surface area (Å²) in [7, 11) is -3.91. The van der Waals surface area contributed by atoms with E-state index in [1.165, 1.54) is 18.3 Å². The Labute approximate surface area is 161 Å². The van der Waals surface area contributed by atoms with Crippen molar-refractivity contribution in [2.75, 3.05) is 0 Å². The van der Waals surface area contributed by atoms with Crippen LogP contribution in [-0.2, 0) is 21.3 Å². The lowest BCUT2D eigenvalue weighted by atomic mass is 10.1. The summed E-state index contributed by atoms with van der Waals surface area (Å²) in [6, 6.07) is 18.9. The Balaban J connectivity index is 1.67. The van der Waals surface area contributed by atoms with Gasteiger partial charge < -0.3 is 4.18 Å². The number of thiophene rings is 1. The molecule has 0 bridgehead atoms. The predicted octanol–water partition coefficient (Wildman–Crippen LogP) is 3.21. The van der Waals surface area contributed by atoms with Gasteiger partial charge in [-0.1, -0.05) is 48.5 Å². The largest absolute Gasteiger partial charge is 0.378 e. The number of para-hydroxylation sites is 1. The van der Waals surface area contributed by atoms with E-state index in [1.54, 1.807) is 29.6 Å². The fourth-order valence-corrected chi connectivity index (χ4v) is 4.13. The molecule has 0 fully saturated rings. The lowest BCUT2D eigenvalue weighted by Gasteiger charge is -2.07. The second kappa shape index (κ2) is 8.61. The molecule has 2 aromatic carbocycles. The first-order chi connectivity index (χ1) is 13.0. The SMILES string of the molecule is O=C(Cc1ccccc1)NN=Cc1ccccc1OS(=O)(=O)c1cccs1. The molecule has 0 spiro atoms. The van der Waals surface area contributed by atoms with Crippen molar-refractivity contribution < 1.29 is 17.4 Å². The van der Waals surface area contributed by atoms with E-state index in [-0.39, 0.29) is 22.3 Å². The molecule has 27 heavy (non-hydrogen) atoms. The summed E-state index contributed by atoms with van der Waals surface area (Å²) in [5.41, 5.74) is 3.72. The van der Waals surface area contributed by atoms with Crippen molar-refractivity contribution in [2.24, 2.45) is 5.10 Å². The van der Waals surface area contributed by atoms with Gasteiger partial charge in [0, 0.05) is 5.56 Å². The van der Waals surface area contributed by atoms with Crippen LogP contribution in [0.3, 0.4) is 0 Å². The Bertz CT molecular complexity index is 1030. The molecule has 6 nitrogen and oxygen atoms in total. The van der Waals surface area contributed by atoms with Gasteiger partial charge in [-0.05, 0) is 29.1 Å². The van der Waals surface area contributed by atoms with Crippen molar-refractivity contribution in [1.82, 2.24) is 5.43 Å². The third-order valence-electron chi connectivity index (χ3n) is 3.46. The highest BCUT2D eigenvalue weighted by Crippen LogP contribution is 2.24. The van der Waals surface area contributed by atoms with Crippen molar-refractivity contribution in [1.29, 1.82) is 0 Å². The van der Waals surface area contributed by atoms with E-state index in [2.05, 4.69) is 10.5 Å². The van der Waals surface area contributed by atoms with E-state index < -0.39 is 10.1 Å². The zero-order valence-corrected chi connectivity index (χ0v) is 15.7. The number of hydrogen-bond donors (Lipinski definition) is 1. The van der Waals surface area contributed by atoms with Crippen molar-refractivity contribution in [2.45, 2.75) is 10.6 Å². The topological polar surface area (TPSA) is 84.8 Å². The van der Waals surface area contributed by atoms with Gasteiger partial charge in [0.2, 0.25) is 5.91 Å². The number of benzene rings is 2. The summed E-state index contributed by atoms with van der Waals surface area (Å²) in [6.07, 6.45) is 1.55. The highest BCUT2D eigenvalue weighted by Gasteiger charge is 2.19. The molecule has 1 amide bonds. The van der Waals surface area contributed by atoms with E-state index in [0.29, 0.717) is 5.56 Å². The van der Waals surface area contributed by atoms with Gasteiger partial charge in [-0.15, -0.1) is 11.3 Å². The van der Waals surface area contributed by atoms with Crippen LogP contribution in [0.5, 0.6) is 5.75 Å². The average Bonchev–Trinajstić information content (AvgIpc) is 3.19. The Hall–Kier alpha value is -2.97. The van der Waals surface area contributed by atoms with Gasteiger partial charge in [0.15, 0.2) is 9.96 Å². The first kappa shape index (κ1) is 18.8. The van der Waals surface area contributed by atoms with Crippen LogP contribution in [0.2, 0.25) is 0 Å². The number of hydrogen-bond acceptors (Lipinski definition) is 6. The fraction of sp³-hybridized carbons (Fsp3) is 0.0526. The van der Waals surface area contributed by atoms with Crippen LogP contribution in [0.4, 0.5) is 0 Å². The van der Waals surface area contributed by atoms with E-state index in [4.69, 9.17) is 4.18 Å². The minimum atomic E-state index is -3.91. The van der Waals surface area contributed by atoms with Crippen LogP contribution in [0.1, 0.15) is 11.1 Å². The van der Waals surface area contributed by atoms with Gasteiger partial charge in [-0.2, -0.15) is 13.5 Å². The Morgan fingerprint density at radius 3 is 2.52 bits per heavy atom. The van der Waals surface area contributed by atoms with E-state index in [0.717, 1.165) is 16.9 Å². The normalized spacial score (nSPS) is 11.4. The smallest absolute Gasteiger partial charge is 0.348 e. The summed E-state index contributed by atoms with van der Waals surface area (Å²) in [5.74, 6) is -0.144. The quantitative estimate of drug-likeness (QED) is 0.375. The molecule has 0 radical (unpaired) electrons. The summed E-state index contributed by atoms with van der Waals surface area (Å²) in [5, 5.41) is 5.55. The van der Waals surface area contributed by atoms with Gasteiger partial charge in [-0.25, -0.2) is 5.43 Å². The summed E-state index contributed by atoms with van der Waals surface area (Å²) in [4.78, 5) is 11.9. The Kier molecular flexibility index (Phi) is 6.00. The van der Waals surface area contributed by atoms with Crippen LogP contribution < -0.4 is 9.61 Å². The number of nitrogens with one attached hydrogen (secondary N) is 1. The van der Waals surface area contributed by atoms with E-state index in [9.17, 15) is 13.2 Å². The van der Waals surface area contributed by atoms with Crippen molar-refractivity contribution in [3.8, 4) is 5.75 Å². The van der Waals surface area contributed by atoms with Crippen molar-refractivity contribution >= 4 is 33.6 Å². The van der Waals surface area contributed by atoms with Gasteiger partial charge in [-0.3, -0.25) is 4.79 Å². The molecule has 0 saturated heterocycles.